The maximum atomic E-state index is 12.8. The topological polar surface area (TPSA) is 84.2 Å². The molecule has 1 aromatic rings. The number of carbonyl (C=O) groups is 1. The Bertz CT molecular complexity index is 852. The molecule has 1 aromatic heterocycles. The van der Waals surface area contributed by atoms with E-state index < -0.39 is 12.2 Å². The van der Waals surface area contributed by atoms with E-state index in [0.29, 0.717) is 44.6 Å². The Balaban J connectivity index is 1.17. The molecule has 3 saturated heterocycles. The first kappa shape index (κ1) is 21.1. The van der Waals surface area contributed by atoms with E-state index in [1.165, 1.54) is 5.69 Å². The molecule has 4 aliphatic rings. The SMILES string of the molecule is O=C(C1OC(CCN2CC3CC(C2)c2cccc(=O)n2C3)CCC1O)N1CCOCC1. The molecule has 5 atom stereocenters. The number of rotatable bonds is 4. The summed E-state index contributed by atoms with van der Waals surface area (Å²) in [6, 6.07) is 5.63. The first-order valence-corrected chi connectivity index (χ1v) is 11.7. The number of piperidine rings is 1. The normalized spacial score (nSPS) is 33.7. The Kier molecular flexibility index (Phi) is 6.14. The van der Waals surface area contributed by atoms with Crippen LogP contribution in [0.15, 0.2) is 23.0 Å². The van der Waals surface area contributed by atoms with E-state index in [1.807, 2.05) is 10.6 Å². The molecule has 4 aliphatic heterocycles. The van der Waals surface area contributed by atoms with Gasteiger partial charge in [0, 0.05) is 56.9 Å². The van der Waals surface area contributed by atoms with Crippen LogP contribution in [0.2, 0.25) is 0 Å². The molecule has 2 bridgehead atoms. The smallest absolute Gasteiger partial charge is 0.254 e. The minimum Gasteiger partial charge on any atom is -0.390 e. The fourth-order valence-corrected chi connectivity index (χ4v) is 5.78. The standard InChI is InChI=1S/C23H33N3O5/c27-20-5-4-18(31-22(20)23(29)25-8-10-30-11-9-25)6-7-24-13-16-12-17(15-24)19-2-1-3-21(28)26(19)14-16/h1-3,16-18,20,22,27H,4-15H2. The predicted octanol–water partition coefficient (Wildman–Crippen LogP) is 0.425. The van der Waals surface area contributed by atoms with Gasteiger partial charge in [0.15, 0.2) is 6.10 Å². The van der Waals surface area contributed by atoms with Crippen LogP contribution >= 0.6 is 0 Å². The van der Waals surface area contributed by atoms with Gasteiger partial charge in [-0.25, -0.2) is 0 Å². The number of nitrogens with zero attached hydrogens (tertiary/aromatic N) is 3. The zero-order valence-corrected chi connectivity index (χ0v) is 18.0. The highest BCUT2D eigenvalue weighted by molar-refractivity contribution is 5.81. The lowest BCUT2D eigenvalue weighted by atomic mass is 9.83. The van der Waals surface area contributed by atoms with E-state index >= 15 is 0 Å². The molecule has 0 aliphatic carbocycles. The number of hydrogen-bond acceptors (Lipinski definition) is 6. The Hall–Kier alpha value is -1.74. The number of carbonyl (C=O) groups excluding carboxylic acids is 1. The van der Waals surface area contributed by atoms with Crippen molar-refractivity contribution in [1.82, 2.24) is 14.4 Å². The van der Waals surface area contributed by atoms with Crippen molar-refractivity contribution >= 4 is 5.91 Å². The van der Waals surface area contributed by atoms with Gasteiger partial charge in [-0.15, -0.1) is 0 Å². The monoisotopic (exact) mass is 431 g/mol. The van der Waals surface area contributed by atoms with Crippen LogP contribution in [0.4, 0.5) is 0 Å². The third-order valence-corrected chi connectivity index (χ3v) is 7.36. The number of fused-ring (bicyclic) bond motifs is 4. The number of likely N-dealkylation sites (tertiary alicyclic amines) is 1. The van der Waals surface area contributed by atoms with Gasteiger partial charge < -0.3 is 28.9 Å². The van der Waals surface area contributed by atoms with E-state index in [1.54, 1.807) is 11.0 Å². The van der Waals surface area contributed by atoms with Crippen LogP contribution < -0.4 is 5.56 Å². The number of hydrogen-bond donors (Lipinski definition) is 1. The van der Waals surface area contributed by atoms with Crippen LogP contribution in [0.5, 0.6) is 0 Å². The molecule has 0 saturated carbocycles. The highest BCUT2D eigenvalue weighted by Crippen LogP contribution is 2.35. The maximum absolute atomic E-state index is 12.8. The first-order valence-electron chi connectivity index (χ1n) is 11.7. The van der Waals surface area contributed by atoms with Gasteiger partial charge in [-0.1, -0.05) is 6.07 Å². The lowest BCUT2D eigenvalue weighted by Gasteiger charge is -2.43. The summed E-state index contributed by atoms with van der Waals surface area (Å²) in [4.78, 5) is 29.3. The summed E-state index contributed by atoms with van der Waals surface area (Å²) < 4.78 is 13.4. The molecule has 8 nitrogen and oxygen atoms in total. The van der Waals surface area contributed by atoms with E-state index in [4.69, 9.17) is 9.47 Å². The molecule has 31 heavy (non-hydrogen) atoms. The number of aromatic nitrogens is 1. The number of aliphatic hydroxyl groups is 1. The van der Waals surface area contributed by atoms with Gasteiger partial charge in [-0.2, -0.15) is 0 Å². The molecule has 5 unspecified atom stereocenters. The Morgan fingerprint density at radius 1 is 1.13 bits per heavy atom. The van der Waals surface area contributed by atoms with Crippen molar-refractivity contribution in [3.05, 3.63) is 34.2 Å². The van der Waals surface area contributed by atoms with Gasteiger partial charge in [-0.3, -0.25) is 9.59 Å². The zero-order valence-electron chi connectivity index (χ0n) is 18.0. The molecule has 3 fully saturated rings. The third kappa shape index (κ3) is 4.44. The lowest BCUT2D eigenvalue weighted by molar-refractivity contribution is -0.171. The number of aliphatic hydroxyl groups excluding tert-OH is 1. The summed E-state index contributed by atoms with van der Waals surface area (Å²) in [6.45, 7) is 5.92. The Labute approximate surface area is 182 Å². The van der Waals surface area contributed by atoms with Gasteiger partial charge >= 0.3 is 0 Å². The van der Waals surface area contributed by atoms with Crippen molar-refractivity contribution in [3.63, 3.8) is 0 Å². The summed E-state index contributed by atoms with van der Waals surface area (Å²) in [5.74, 6) is 0.817. The van der Waals surface area contributed by atoms with Crippen molar-refractivity contribution in [2.24, 2.45) is 5.92 Å². The zero-order chi connectivity index (χ0) is 21.4. The number of ether oxygens (including phenoxy) is 2. The average Bonchev–Trinajstić information content (AvgIpc) is 2.79. The van der Waals surface area contributed by atoms with E-state index in [0.717, 1.165) is 45.4 Å². The Morgan fingerprint density at radius 2 is 1.97 bits per heavy atom. The van der Waals surface area contributed by atoms with Gasteiger partial charge in [0.25, 0.3) is 11.5 Å². The third-order valence-electron chi connectivity index (χ3n) is 7.36. The minimum atomic E-state index is -0.753. The summed E-state index contributed by atoms with van der Waals surface area (Å²) in [5, 5.41) is 10.4. The Morgan fingerprint density at radius 3 is 2.81 bits per heavy atom. The molecule has 0 aromatic carbocycles. The minimum absolute atomic E-state index is 0.00457. The quantitative estimate of drug-likeness (QED) is 0.744. The second-order valence-electron chi connectivity index (χ2n) is 9.51. The first-order chi connectivity index (χ1) is 15.1. The van der Waals surface area contributed by atoms with Crippen molar-refractivity contribution in [3.8, 4) is 0 Å². The molecule has 1 N–H and O–H groups in total. The highest BCUT2D eigenvalue weighted by atomic mass is 16.5. The van der Waals surface area contributed by atoms with Gasteiger partial charge in [0.2, 0.25) is 0 Å². The van der Waals surface area contributed by atoms with Crippen LogP contribution in [0, 0.1) is 5.92 Å². The molecule has 1 amide bonds. The van der Waals surface area contributed by atoms with Crippen LogP contribution in [0.25, 0.3) is 0 Å². The fraction of sp³-hybridized carbons (Fsp3) is 0.739. The summed E-state index contributed by atoms with van der Waals surface area (Å²) >= 11 is 0. The molecule has 5 rings (SSSR count). The molecule has 170 valence electrons. The molecule has 0 spiro atoms. The fourth-order valence-electron chi connectivity index (χ4n) is 5.78. The molecular weight excluding hydrogens is 398 g/mol. The predicted molar refractivity (Wildman–Crippen MR) is 114 cm³/mol. The average molecular weight is 432 g/mol. The molecule has 0 radical (unpaired) electrons. The summed E-state index contributed by atoms with van der Waals surface area (Å²) in [6.07, 6.45) is 1.92. The van der Waals surface area contributed by atoms with Gasteiger partial charge in [0.05, 0.1) is 25.4 Å². The second-order valence-corrected chi connectivity index (χ2v) is 9.51. The van der Waals surface area contributed by atoms with Crippen LogP contribution in [0.1, 0.15) is 37.3 Å². The highest BCUT2D eigenvalue weighted by Gasteiger charge is 2.39. The molecular formula is C23H33N3O5. The largest absolute Gasteiger partial charge is 0.390 e. The number of pyridine rings is 1. The van der Waals surface area contributed by atoms with Crippen molar-refractivity contribution in [2.45, 2.75) is 56.5 Å². The van der Waals surface area contributed by atoms with E-state index in [9.17, 15) is 14.7 Å². The molecule has 8 heteroatoms. The lowest BCUT2D eigenvalue weighted by Crippen LogP contribution is -2.53. The summed E-state index contributed by atoms with van der Waals surface area (Å²) in [5.41, 5.74) is 1.28. The van der Waals surface area contributed by atoms with Crippen molar-refractivity contribution in [1.29, 1.82) is 0 Å². The van der Waals surface area contributed by atoms with E-state index in [2.05, 4.69) is 11.0 Å². The van der Waals surface area contributed by atoms with Crippen molar-refractivity contribution in [2.75, 3.05) is 45.9 Å². The maximum Gasteiger partial charge on any atom is 0.254 e. The van der Waals surface area contributed by atoms with Gasteiger partial charge in [0.1, 0.15) is 0 Å². The summed E-state index contributed by atoms with van der Waals surface area (Å²) in [7, 11) is 0. The van der Waals surface area contributed by atoms with Crippen LogP contribution in [-0.4, -0.2) is 89.6 Å². The number of amides is 1. The molecule has 5 heterocycles. The van der Waals surface area contributed by atoms with Gasteiger partial charge in [-0.05, 0) is 37.7 Å². The van der Waals surface area contributed by atoms with E-state index in [-0.39, 0.29) is 17.6 Å². The number of morpholine rings is 1. The van der Waals surface area contributed by atoms with Crippen LogP contribution in [-0.2, 0) is 20.8 Å². The second kappa shape index (κ2) is 9.02. The van der Waals surface area contributed by atoms with Crippen LogP contribution in [0.3, 0.4) is 0 Å². The van der Waals surface area contributed by atoms with Crippen molar-refractivity contribution < 1.29 is 19.4 Å².